The fraction of sp³-hybridized carbons (Fsp3) is 0.467. The minimum absolute atomic E-state index is 0.517. The lowest BCUT2D eigenvalue weighted by Crippen LogP contribution is -2.06. The summed E-state index contributed by atoms with van der Waals surface area (Å²) in [6, 6.07) is 3.81. The van der Waals surface area contributed by atoms with E-state index >= 15 is 0 Å². The molecule has 0 spiro atoms. The van der Waals surface area contributed by atoms with Gasteiger partial charge in [0.15, 0.2) is 5.82 Å². The van der Waals surface area contributed by atoms with Crippen molar-refractivity contribution in [2.75, 3.05) is 19.0 Å². The van der Waals surface area contributed by atoms with Crippen LogP contribution in [0.2, 0.25) is 0 Å². The number of aromatic nitrogens is 4. The van der Waals surface area contributed by atoms with Crippen molar-refractivity contribution in [2.45, 2.75) is 32.1 Å². The second-order valence-electron chi connectivity index (χ2n) is 5.15. The summed E-state index contributed by atoms with van der Waals surface area (Å²) in [6.07, 6.45) is 4.94. The fourth-order valence-electron chi connectivity index (χ4n) is 2.09. The molecule has 6 heteroatoms. The van der Waals surface area contributed by atoms with Gasteiger partial charge >= 0.3 is 0 Å². The van der Waals surface area contributed by atoms with Crippen molar-refractivity contribution in [1.82, 2.24) is 19.9 Å². The van der Waals surface area contributed by atoms with Gasteiger partial charge in [-0.3, -0.25) is 0 Å². The lowest BCUT2D eigenvalue weighted by molar-refractivity contribution is 0.397. The molecule has 0 unspecified atom stereocenters. The Morgan fingerprint density at radius 1 is 1.24 bits per heavy atom. The molecule has 0 atom stereocenters. The van der Waals surface area contributed by atoms with Crippen molar-refractivity contribution < 1.29 is 4.74 Å². The van der Waals surface area contributed by atoms with Crippen LogP contribution in [0.3, 0.4) is 0 Å². The van der Waals surface area contributed by atoms with Gasteiger partial charge in [-0.1, -0.05) is 6.92 Å². The molecular weight excluding hydrogens is 266 g/mol. The lowest BCUT2D eigenvalue weighted by atomic mass is 10.2. The fourth-order valence-corrected chi connectivity index (χ4v) is 2.09. The van der Waals surface area contributed by atoms with Gasteiger partial charge in [0.05, 0.1) is 7.11 Å². The van der Waals surface area contributed by atoms with E-state index < -0.39 is 0 Å². The normalized spacial score (nSPS) is 14.0. The highest BCUT2D eigenvalue weighted by Gasteiger charge is 2.26. The first-order valence-corrected chi connectivity index (χ1v) is 7.29. The van der Waals surface area contributed by atoms with Gasteiger partial charge in [-0.25, -0.2) is 19.9 Å². The molecule has 21 heavy (non-hydrogen) atoms. The first-order chi connectivity index (χ1) is 10.3. The van der Waals surface area contributed by atoms with Crippen LogP contribution in [0.5, 0.6) is 5.88 Å². The average molecular weight is 285 g/mol. The monoisotopic (exact) mass is 285 g/mol. The SMILES string of the molecule is CCCNc1cc(C2CC2)nc(-c2cc(OC)ncn2)n1. The van der Waals surface area contributed by atoms with Gasteiger partial charge in [0.25, 0.3) is 0 Å². The first kappa shape index (κ1) is 13.7. The number of nitrogens with one attached hydrogen (secondary N) is 1. The molecule has 0 radical (unpaired) electrons. The van der Waals surface area contributed by atoms with E-state index in [1.165, 1.54) is 19.2 Å². The highest BCUT2D eigenvalue weighted by molar-refractivity contribution is 5.54. The van der Waals surface area contributed by atoms with Gasteiger partial charge < -0.3 is 10.1 Å². The van der Waals surface area contributed by atoms with Crippen molar-refractivity contribution >= 4 is 5.82 Å². The molecule has 0 bridgehead atoms. The van der Waals surface area contributed by atoms with Crippen molar-refractivity contribution in [1.29, 1.82) is 0 Å². The van der Waals surface area contributed by atoms with Gasteiger partial charge in [-0.2, -0.15) is 0 Å². The van der Waals surface area contributed by atoms with Crippen LogP contribution in [0.25, 0.3) is 11.5 Å². The molecular formula is C15H19N5O. The number of anilines is 1. The van der Waals surface area contributed by atoms with Crippen molar-refractivity contribution in [3.8, 4) is 17.4 Å². The van der Waals surface area contributed by atoms with E-state index in [2.05, 4.69) is 38.2 Å². The topological polar surface area (TPSA) is 72.8 Å². The molecule has 0 aliphatic heterocycles. The summed E-state index contributed by atoms with van der Waals surface area (Å²) >= 11 is 0. The van der Waals surface area contributed by atoms with E-state index in [4.69, 9.17) is 4.74 Å². The zero-order valence-electron chi connectivity index (χ0n) is 12.3. The number of hydrogen-bond donors (Lipinski definition) is 1. The average Bonchev–Trinajstić information content (AvgIpc) is 3.37. The molecule has 3 rings (SSSR count). The van der Waals surface area contributed by atoms with Crippen LogP contribution in [-0.4, -0.2) is 33.6 Å². The number of rotatable bonds is 6. The van der Waals surface area contributed by atoms with Crippen LogP contribution in [0.1, 0.15) is 37.8 Å². The van der Waals surface area contributed by atoms with E-state index in [1.54, 1.807) is 13.2 Å². The second kappa shape index (κ2) is 6.03. The molecule has 2 heterocycles. The third-order valence-corrected chi connectivity index (χ3v) is 3.38. The van der Waals surface area contributed by atoms with Crippen LogP contribution in [0, 0.1) is 0 Å². The minimum atomic E-state index is 0.517. The van der Waals surface area contributed by atoms with E-state index in [0.717, 1.165) is 24.5 Å². The van der Waals surface area contributed by atoms with Crippen molar-refractivity contribution in [3.05, 3.63) is 24.2 Å². The number of nitrogens with zero attached hydrogens (tertiary/aromatic N) is 4. The largest absolute Gasteiger partial charge is 0.481 e. The number of hydrogen-bond acceptors (Lipinski definition) is 6. The zero-order valence-corrected chi connectivity index (χ0v) is 12.3. The van der Waals surface area contributed by atoms with Crippen LogP contribution in [0.15, 0.2) is 18.5 Å². The molecule has 0 aromatic carbocycles. The Morgan fingerprint density at radius 2 is 2.10 bits per heavy atom. The van der Waals surface area contributed by atoms with Gasteiger partial charge in [0, 0.05) is 30.3 Å². The summed E-state index contributed by atoms with van der Waals surface area (Å²) < 4.78 is 5.14. The third kappa shape index (κ3) is 3.26. The van der Waals surface area contributed by atoms with E-state index in [9.17, 15) is 0 Å². The Balaban J connectivity index is 1.97. The molecule has 2 aromatic rings. The smallest absolute Gasteiger partial charge is 0.216 e. The molecule has 0 saturated heterocycles. The molecule has 110 valence electrons. The first-order valence-electron chi connectivity index (χ1n) is 7.29. The summed E-state index contributed by atoms with van der Waals surface area (Å²) in [4.78, 5) is 17.5. The Morgan fingerprint density at radius 3 is 2.81 bits per heavy atom. The van der Waals surface area contributed by atoms with E-state index in [1.807, 2.05) is 0 Å². The van der Waals surface area contributed by atoms with Crippen molar-refractivity contribution in [3.63, 3.8) is 0 Å². The standard InChI is InChI=1S/C15H19N5O/c1-3-6-16-13-7-11(10-4-5-10)19-15(20-13)12-8-14(21-2)18-9-17-12/h7-10H,3-6H2,1-2H3,(H,16,19,20). The van der Waals surface area contributed by atoms with Crippen LogP contribution < -0.4 is 10.1 Å². The zero-order chi connectivity index (χ0) is 14.7. The molecule has 1 saturated carbocycles. The van der Waals surface area contributed by atoms with Crippen LogP contribution in [0.4, 0.5) is 5.82 Å². The summed E-state index contributed by atoms with van der Waals surface area (Å²) in [7, 11) is 1.59. The maximum absolute atomic E-state index is 5.14. The minimum Gasteiger partial charge on any atom is -0.481 e. The predicted octanol–water partition coefficient (Wildman–Crippen LogP) is 2.64. The molecule has 1 aliphatic carbocycles. The summed E-state index contributed by atoms with van der Waals surface area (Å²) in [6.45, 7) is 3.03. The summed E-state index contributed by atoms with van der Waals surface area (Å²) in [5.74, 6) is 2.57. The molecule has 1 aliphatic rings. The van der Waals surface area contributed by atoms with Gasteiger partial charge in [-0.15, -0.1) is 0 Å². The molecule has 2 aromatic heterocycles. The summed E-state index contributed by atoms with van der Waals surface area (Å²) in [5.41, 5.74) is 1.78. The number of ether oxygens (including phenoxy) is 1. The maximum atomic E-state index is 5.14. The Hall–Kier alpha value is -2.24. The molecule has 6 nitrogen and oxygen atoms in total. The third-order valence-electron chi connectivity index (χ3n) is 3.38. The van der Waals surface area contributed by atoms with Crippen LogP contribution >= 0.6 is 0 Å². The predicted molar refractivity (Wildman–Crippen MR) is 80.4 cm³/mol. The molecule has 0 amide bonds. The second-order valence-corrected chi connectivity index (χ2v) is 5.15. The van der Waals surface area contributed by atoms with Gasteiger partial charge in [0.2, 0.25) is 5.88 Å². The highest BCUT2D eigenvalue weighted by atomic mass is 16.5. The maximum Gasteiger partial charge on any atom is 0.216 e. The van der Waals surface area contributed by atoms with Crippen molar-refractivity contribution in [2.24, 2.45) is 0 Å². The Labute approximate surface area is 124 Å². The van der Waals surface area contributed by atoms with Gasteiger partial charge in [0.1, 0.15) is 17.8 Å². The molecule has 1 fully saturated rings. The number of methoxy groups -OCH3 is 1. The van der Waals surface area contributed by atoms with Crippen LogP contribution in [-0.2, 0) is 0 Å². The highest BCUT2D eigenvalue weighted by Crippen LogP contribution is 2.40. The summed E-state index contributed by atoms with van der Waals surface area (Å²) in [5, 5.41) is 3.33. The van der Waals surface area contributed by atoms with E-state index in [-0.39, 0.29) is 0 Å². The quantitative estimate of drug-likeness (QED) is 0.879. The lowest BCUT2D eigenvalue weighted by Gasteiger charge is -2.09. The Bertz CT molecular complexity index is 627. The van der Waals surface area contributed by atoms with Gasteiger partial charge in [-0.05, 0) is 19.3 Å². The Kier molecular flexibility index (Phi) is 3.94. The van der Waals surface area contributed by atoms with E-state index in [0.29, 0.717) is 23.3 Å². The molecule has 1 N–H and O–H groups in total.